The van der Waals surface area contributed by atoms with Gasteiger partial charge in [0.2, 0.25) is 11.8 Å². The van der Waals surface area contributed by atoms with Gasteiger partial charge in [0, 0.05) is 45.9 Å². The van der Waals surface area contributed by atoms with E-state index in [4.69, 9.17) is 19.2 Å². The summed E-state index contributed by atoms with van der Waals surface area (Å²) in [6.45, 7) is 5.72. The number of aliphatic imine (C=N–C) groups is 1. The summed E-state index contributed by atoms with van der Waals surface area (Å²) in [5, 5.41) is 2.61. The molecule has 3 aliphatic heterocycles. The number of carbonyl (C=O) groups is 3. The highest BCUT2D eigenvalue weighted by Gasteiger charge is 2.41. The summed E-state index contributed by atoms with van der Waals surface area (Å²) >= 11 is 1.42. The molecular formula is C31H34N4O6S. The van der Waals surface area contributed by atoms with Gasteiger partial charge in [-0.1, -0.05) is 42.1 Å². The fourth-order valence-electron chi connectivity index (χ4n) is 5.15. The first-order valence-electron chi connectivity index (χ1n) is 13.8. The molecule has 0 N–H and O–H groups in total. The zero-order valence-corrected chi connectivity index (χ0v) is 24.8. The van der Waals surface area contributed by atoms with Crippen LogP contribution in [0.15, 0.2) is 82.0 Å². The Balaban J connectivity index is 1.44. The number of hydrogen-bond acceptors (Lipinski definition) is 9. The number of allylic oxidation sites excluding steroid dienone is 1. The van der Waals surface area contributed by atoms with Crippen LogP contribution in [0, 0.1) is 0 Å². The third-order valence-electron chi connectivity index (χ3n) is 7.30. The van der Waals surface area contributed by atoms with Crippen LogP contribution >= 0.6 is 11.8 Å². The molecule has 2 amide bonds. The van der Waals surface area contributed by atoms with Crippen molar-refractivity contribution in [3.63, 3.8) is 0 Å². The lowest BCUT2D eigenvalue weighted by molar-refractivity contribution is -0.141. The number of para-hydroxylation sites is 1. The molecule has 2 aromatic carbocycles. The number of hydrogen-bond donors (Lipinski definition) is 0. The van der Waals surface area contributed by atoms with Gasteiger partial charge in [-0.3, -0.25) is 9.59 Å². The standard InChI is InChI=1S/C31H34N4O6S/c1-21-28(30(38)40-17-16-39-3)29(23-8-7-11-26(18-23)41-25-9-5-4-6-10-25)35-24(20-42-31(35)32-21)19-27(37)34-14-12-33(13-15-34)22(2)36/h4-11,18,20,29H,12-17,19H2,1-3H3. The van der Waals surface area contributed by atoms with Gasteiger partial charge < -0.3 is 28.9 Å². The summed E-state index contributed by atoms with van der Waals surface area (Å²) in [4.78, 5) is 48.9. The minimum atomic E-state index is -0.588. The average molecular weight is 591 g/mol. The van der Waals surface area contributed by atoms with Crippen molar-refractivity contribution in [3.8, 4) is 11.5 Å². The van der Waals surface area contributed by atoms with Crippen LogP contribution in [0.5, 0.6) is 11.5 Å². The maximum Gasteiger partial charge on any atom is 0.338 e. The van der Waals surface area contributed by atoms with Crippen LogP contribution in [0.1, 0.15) is 31.9 Å². The molecule has 42 heavy (non-hydrogen) atoms. The summed E-state index contributed by atoms with van der Waals surface area (Å²) in [5.74, 6) is 0.791. The van der Waals surface area contributed by atoms with E-state index in [1.807, 2.05) is 64.9 Å². The number of benzene rings is 2. The number of methoxy groups -OCH3 is 1. The Hall–Kier alpha value is -4.09. The molecule has 1 saturated heterocycles. The highest BCUT2D eigenvalue weighted by molar-refractivity contribution is 8.16. The highest BCUT2D eigenvalue weighted by atomic mass is 32.2. The second-order valence-electron chi connectivity index (χ2n) is 10.1. The van der Waals surface area contributed by atoms with E-state index in [0.29, 0.717) is 54.1 Å². The Kier molecular flexibility index (Phi) is 9.28. The van der Waals surface area contributed by atoms with E-state index in [9.17, 15) is 14.4 Å². The van der Waals surface area contributed by atoms with Crippen molar-refractivity contribution in [1.82, 2.24) is 14.7 Å². The number of thioether (sulfide) groups is 1. The Morgan fingerprint density at radius 2 is 1.67 bits per heavy atom. The first kappa shape index (κ1) is 29.4. The number of rotatable bonds is 9. The molecular weight excluding hydrogens is 556 g/mol. The Morgan fingerprint density at radius 1 is 0.952 bits per heavy atom. The molecule has 11 heteroatoms. The normalized spacial score (nSPS) is 18.4. The molecule has 3 heterocycles. The average Bonchev–Trinajstić information content (AvgIpc) is 3.38. The zero-order chi connectivity index (χ0) is 29.6. The van der Waals surface area contributed by atoms with Crippen LogP contribution in [0.25, 0.3) is 0 Å². The first-order chi connectivity index (χ1) is 20.4. The monoisotopic (exact) mass is 590 g/mol. The number of fused-ring (bicyclic) bond motifs is 1. The minimum Gasteiger partial charge on any atom is -0.460 e. The third kappa shape index (κ3) is 6.52. The topological polar surface area (TPSA) is 101 Å². The summed E-state index contributed by atoms with van der Waals surface area (Å²) in [7, 11) is 1.55. The molecule has 0 saturated carbocycles. The van der Waals surface area contributed by atoms with Crippen molar-refractivity contribution >= 4 is 34.7 Å². The molecule has 5 rings (SSSR count). The summed E-state index contributed by atoms with van der Waals surface area (Å²) in [6.07, 6.45) is 0.133. The lowest BCUT2D eigenvalue weighted by atomic mass is 9.93. The van der Waals surface area contributed by atoms with Crippen LogP contribution < -0.4 is 4.74 Å². The van der Waals surface area contributed by atoms with Crippen molar-refractivity contribution in [1.29, 1.82) is 0 Å². The molecule has 1 fully saturated rings. The molecule has 10 nitrogen and oxygen atoms in total. The first-order valence-corrected chi connectivity index (χ1v) is 14.7. The second kappa shape index (κ2) is 13.3. The molecule has 1 atom stereocenters. The summed E-state index contributed by atoms with van der Waals surface area (Å²) < 4.78 is 16.8. The van der Waals surface area contributed by atoms with Crippen molar-refractivity contribution < 1.29 is 28.6 Å². The number of amidine groups is 1. The molecule has 3 aliphatic rings. The van der Waals surface area contributed by atoms with E-state index in [0.717, 1.165) is 11.3 Å². The van der Waals surface area contributed by atoms with E-state index in [-0.39, 0.29) is 31.4 Å². The molecule has 1 unspecified atom stereocenters. The lowest BCUT2D eigenvalue weighted by Crippen LogP contribution is -2.50. The van der Waals surface area contributed by atoms with Crippen molar-refractivity contribution in [2.45, 2.75) is 26.3 Å². The zero-order valence-electron chi connectivity index (χ0n) is 23.9. The second-order valence-corrected chi connectivity index (χ2v) is 10.9. The van der Waals surface area contributed by atoms with Crippen LogP contribution in [0.4, 0.5) is 0 Å². The Morgan fingerprint density at radius 3 is 2.38 bits per heavy atom. The van der Waals surface area contributed by atoms with Crippen LogP contribution in [-0.2, 0) is 23.9 Å². The number of carbonyl (C=O) groups excluding carboxylic acids is 3. The van der Waals surface area contributed by atoms with Gasteiger partial charge >= 0.3 is 5.97 Å². The SMILES string of the molecule is COCCOC(=O)C1=C(C)N=C2SC=C(CC(=O)N3CCN(C(C)=O)CC3)N2C1c1cccc(Oc2ccccc2)c1. The number of esters is 1. The smallest absolute Gasteiger partial charge is 0.338 e. The van der Waals surface area contributed by atoms with Gasteiger partial charge in [0.25, 0.3) is 0 Å². The maximum absolute atomic E-state index is 13.5. The molecule has 0 aliphatic carbocycles. The van der Waals surface area contributed by atoms with Gasteiger partial charge in [0.05, 0.1) is 30.3 Å². The Labute approximate surface area is 249 Å². The van der Waals surface area contributed by atoms with E-state index in [1.165, 1.54) is 11.8 Å². The molecule has 2 aromatic rings. The van der Waals surface area contributed by atoms with E-state index >= 15 is 0 Å². The predicted octanol–water partition coefficient (Wildman–Crippen LogP) is 4.32. The van der Waals surface area contributed by atoms with Gasteiger partial charge in [-0.2, -0.15) is 0 Å². The lowest BCUT2D eigenvalue weighted by Gasteiger charge is -2.38. The van der Waals surface area contributed by atoms with Crippen molar-refractivity contribution in [2.75, 3.05) is 46.5 Å². The molecule has 0 aromatic heterocycles. The van der Waals surface area contributed by atoms with E-state index < -0.39 is 12.0 Å². The highest BCUT2D eigenvalue weighted by Crippen LogP contribution is 2.45. The molecule has 0 bridgehead atoms. The number of ether oxygens (including phenoxy) is 3. The molecule has 0 radical (unpaired) electrons. The fraction of sp³-hybridized carbons (Fsp3) is 0.355. The third-order valence-corrected chi connectivity index (χ3v) is 8.19. The van der Waals surface area contributed by atoms with Crippen molar-refractivity contribution in [3.05, 3.63) is 82.5 Å². The quantitative estimate of drug-likeness (QED) is 0.315. The minimum absolute atomic E-state index is 0.0135. The van der Waals surface area contributed by atoms with Gasteiger partial charge in [0.15, 0.2) is 5.17 Å². The van der Waals surface area contributed by atoms with Gasteiger partial charge in [-0.25, -0.2) is 9.79 Å². The summed E-state index contributed by atoms with van der Waals surface area (Å²) in [6, 6.07) is 16.5. The number of amides is 2. The number of piperazine rings is 1. The van der Waals surface area contributed by atoms with Crippen LogP contribution in [-0.4, -0.2) is 84.2 Å². The largest absolute Gasteiger partial charge is 0.460 e. The maximum atomic E-state index is 13.5. The Bertz CT molecular complexity index is 1430. The van der Waals surface area contributed by atoms with Gasteiger partial charge in [-0.05, 0) is 42.2 Å². The van der Waals surface area contributed by atoms with Crippen LogP contribution in [0.3, 0.4) is 0 Å². The van der Waals surface area contributed by atoms with Gasteiger partial charge in [-0.15, -0.1) is 0 Å². The molecule has 220 valence electrons. The molecule has 0 spiro atoms. The fourth-order valence-corrected chi connectivity index (χ4v) is 6.12. The van der Waals surface area contributed by atoms with Crippen LogP contribution in [0.2, 0.25) is 0 Å². The van der Waals surface area contributed by atoms with E-state index in [2.05, 4.69) is 0 Å². The summed E-state index contributed by atoms with van der Waals surface area (Å²) in [5.41, 5.74) is 2.48. The number of nitrogens with zero attached hydrogens (tertiary/aromatic N) is 4. The van der Waals surface area contributed by atoms with Gasteiger partial charge in [0.1, 0.15) is 18.1 Å². The predicted molar refractivity (Wildman–Crippen MR) is 160 cm³/mol. The van der Waals surface area contributed by atoms with Crippen molar-refractivity contribution in [2.24, 2.45) is 4.99 Å². The van der Waals surface area contributed by atoms with E-state index in [1.54, 1.807) is 30.8 Å².